The van der Waals surface area contributed by atoms with Crippen molar-refractivity contribution in [2.45, 2.75) is 18.8 Å². The summed E-state index contributed by atoms with van der Waals surface area (Å²) in [5.41, 5.74) is -1.35. The maximum absolute atomic E-state index is 13.1. The molecule has 2 aromatic carbocycles. The molecule has 0 radical (unpaired) electrons. The van der Waals surface area contributed by atoms with Crippen LogP contribution in [0.5, 0.6) is 28.7 Å². The number of fused-ring (bicyclic) bond motifs is 1. The average molecular weight is 388 g/mol. The van der Waals surface area contributed by atoms with Crippen molar-refractivity contribution in [3.8, 4) is 28.7 Å². The van der Waals surface area contributed by atoms with Crippen LogP contribution in [0.15, 0.2) is 30.3 Å². The van der Waals surface area contributed by atoms with E-state index in [0.717, 1.165) is 0 Å². The Balaban J connectivity index is 2.27. The summed E-state index contributed by atoms with van der Waals surface area (Å²) in [6.45, 7) is 1.65. The number of aromatic hydroxyl groups is 2. The van der Waals surface area contributed by atoms with Crippen LogP contribution in [-0.2, 0) is 26.2 Å². The van der Waals surface area contributed by atoms with E-state index < -0.39 is 28.9 Å². The molecule has 1 heterocycles. The Kier molecular flexibility index (Phi) is 5.04. The zero-order valence-corrected chi connectivity index (χ0v) is 15.6. The van der Waals surface area contributed by atoms with Gasteiger partial charge in [-0.1, -0.05) is 0 Å². The van der Waals surface area contributed by atoms with Gasteiger partial charge in [-0.3, -0.25) is 9.59 Å². The van der Waals surface area contributed by atoms with E-state index in [0.29, 0.717) is 17.1 Å². The SMILES string of the molecule is CCOC(=O)C1(c2ccc(O)c(O)c2OC)Cc2cc(OC)ccc2OC1=O. The molecule has 2 N–H and O–H groups in total. The summed E-state index contributed by atoms with van der Waals surface area (Å²) in [6.07, 6.45) is -0.0994. The summed E-state index contributed by atoms with van der Waals surface area (Å²) >= 11 is 0. The van der Waals surface area contributed by atoms with Crippen molar-refractivity contribution in [3.05, 3.63) is 41.5 Å². The van der Waals surface area contributed by atoms with Crippen LogP contribution in [0.2, 0.25) is 0 Å². The van der Waals surface area contributed by atoms with Gasteiger partial charge in [0.15, 0.2) is 16.9 Å². The third-order valence-corrected chi connectivity index (χ3v) is 4.67. The molecule has 0 fully saturated rings. The first-order chi connectivity index (χ1) is 13.4. The number of benzene rings is 2. The van der Waals surface area contributed by atoms with Gasteiger partial charge in [-0.2, -0.15) is 0 Å². The second-order valence-corrected chi connectivity index (χ2v) is 6.18. The number of hydrogen-bond acceptors (Lipinski definition) is 8. The predicted molar refractivity (Wildman–Crippen MR) is 97.0 cm³/mol. The molecule has 0 aromatic heterocycles. The molecule has 1 atom stereocenters. The van der Waals surface area contributed by atoms with Crippen LogP contribution in [0, 0.1) is 0 Å². The van der Waals surface area contributed by atoms with Gasteiger partial charge in [-0.05, 0) is 37.3 Å². The van der Waals surface area contributed by atoms with Gasteiger partial charge in [0.1, 0.15) is 11.5 Å². The predicted octanol–water partition coefficient (Wildman–Crippen LogP) is 2.08. The zero-order valence-electron chi connectivity index (χ0n) is 15.6. The Labute approximate surface area is 161 Å². The van der Waals surface area contributed by atoms with Gasteiger partial charge in [0.05, 0.1) is 20.8 Å². The molecule has 8 nitrogen and oxygen atoms in total. The Hall–Kier alpha value is -3.42. The van der Waals surface area contributed by atoms with Crippen LogP contribution < -0.4 is 14.2 Å². The third kappa shape index (κ3) is 2.87. The summed E-state index contributed by atoms with van der Waals surface area (Å²) < 4.78 is 21.0. The number of methoxy groups -OCH3 is 2. The first-order valence-corrected chi connectivity index (χ1v) is 8.54. The minimum atomic E-state index is -1.92. The molecule has 0 saturated carbocycles. The average Bonchev–Trinajstić information content (AvgIpc) is 2.69. The van der Waals surface area contributed by atoms with E-state index in [2.05, 4.69) is 0 Å². The molecule has 0 saturated heterocycles. The third-order valence-electron chi connectivity index (χ3n) is 4.67. The van der Waals surface area contributed by atoms with E-state index in [-0.39, 0.29) is 24.3 Å². The highest BCUT2D eigenvalue weighted by Gasteiger charge is 2.55. The van der Waals surface area contributed by atoms with E-state index in [1.165, 1.54) is 26.4 Å². The van der Waals surface area contributed by atoms with Gasteiger partial charge < -0.3 is 29.2 Å². The van der Waals surface area contributed by atoms with Crippen LogP contribution >= 0.6 is 0 Å². The lowest BCUT2D eigenvalue weighted by Crippen LogP contribution is -2.51. The van der Waals surface area contributed by atoms with Crippen molar-refractivity contribution in [1.82, 2.24) is 0 Å². The fourth-order valence-corrected chi connectivity index (χ4v) is 3.29. The molecule has 1 aliphatic heterocycles. The molecule has 3 rings (SSSR count). The van der Waals surface area contributed by atoms with Crippen molar-refractivity contribution in [2.24, 2.45) is 0 Å². The molecule has 1 unspecified atom stereocenters. The van der Waals surface area contributed by atoms with Gasteiger partial charge in [-0.25, -0.2) is 0 Å². The minimum Gasteiger partial charge on any atom is -0.504 e. The van der Waals surface area contributed by atoms with Gasteiger partial charge in [0.25, 0.3) is 0 Å². The first-order valence-electron chi connectivity index (χ1n) is 8.54. The minimum absolute atomic E-state index is 0.0298. The van der Waals surface area contributed by atoms with E-state index in [1.807, 2.05) is 0 Å². The number of rotatable bonds is 5. The molecule has 2 aromatic rings. The molecule has 28 heavy (non-hydrogen) atoms. The normalized spacial score (nSPS) is 18.0. The monoisotopic (exact) mass is 388 g/mol. The lowest BCUT2D eigenvalue weighted by atomic mass is 9.73. The zero-order chi connectivity index (χ0) is 20.5. The fourth-order valence-electron chi connectivity index (χ4n) is 3.29. The number of carbonyl (C=O) groups excluding carboxylic acids is 2. The number of ether oxygens (including phenoxy) is 4. The summed E-state index contributed by atoms with van der Waals surface area (Å²) in [5.74, 6) is -2.15. The second kappa shape index (κ2) is 7.30. The van der Waals surface area contributed by atoms with Crippen LogP contribution in [0.3, 0.4) is 0 Å². The van der Waals surface area contributed by atoms with Crippen LogP contribution in [0.1, 0.15) is 18.1 Å². The van der Waals surface area contributed by atoms with Crippen LogP contribution in [0.4, 0.5) is 0 Å². The maximum atomic E-state index is 13.1. The Morgan fingerprint density at radius 1 is 1.18 bits per heavy atom. The standard InChI is InChI=1S/C20H20O8/c1-4-27-18(23)20(13-6-7-14(21)16(22)17(13)26-3)10-11-9-12(25-2)5-8-15(11)28-19(20)24/h5-9,21-22H,4,10H2,1-3H3. The highest BCUT2D eigenvalue weighted by atomic mass is 16.6. The molecule has 148 valence electrons. The van der Waals surface area contributed by atoms with E-state index in [1.54, 1.807) is 25.1 Å². The van der Waals surface area contributed by atoms with E-state index >= 15 is 0 Å². The number of esters is 2. The highest BCUT2D eigenvalue weighted by molar-refractivity contribution is 6.09. The largest absolute Gasteiger partial charge is 0.504 e. The summed E-state index contributed by atoms with van der Waals surface area (Å²) in [6, 6.07) is 7.37. The maximum Gasteiger partial charge on any atom is 0.333 e. The topological polar surface area (TPSA) is 112 Å². The second-order valence-electron chi connectivity index (χ2n) is 6.18. The summed E-state index contributed by atoms with van der Waals surface area (Å²) in [4.78, 5) is 26.1. The van der Waals surface area contributed by atoms with Crippen molar-refractivity contribution < 1.29 is 38.7 Å². The summed E-state index contributed by atoms with van der Waals surface area (Å²) in [7, 11) is 2.75. The van der Waals surface area contributed by atoms with E-state index in [9.17, 15) is 19.8 Å². The van der Waals surface area contributed by atoms with Crippen molar-refractivity contribution in [2.75, 3.05) is 20.8 Å². The lowest BCUT2D eigenvalue weighted by molar-refractivity contribution is -0.161. The molecular weight excluding hydrogens is 368 g/mol. The van der Waals surface area contributed by atoms with Crippen LogP contribution in [0.25, 0.3) is 0 Å². The quantitative estimate of drug-likeness (QED) is 0.347. The smallest absolute Gasteiger partial charge is 0.333 e. The number of phenolic OH excluding ortho intramolecular Hbond substituents is 2. The summed E-state index contributed by atoms with van der Waals surface area (Å²) in [5, 5.41) is 20.0. The number of phenols is 2. The number of carbonyl (C=O) groups is 2. The number of hydrogen-bond donors (Lipinski definition) is 2. The van der Waals surface area contributed by atoms with Gasteiger partial charge in [0.2, 0.25) is 5.75 Å². The Morgan fingerprint density at radius 3 is 2.57 bits per heavy atom. The molecule has 0 spiro atoms. The first kappa shape index (κ1) is 19.3. The van der Waals surface area contributed by atoms with Crippen molar-refractivity contribution >= 4 is 11.9 Å². The van der Waals surface area contributed by atoms with Crippen LogP contribution in [-0.4, -0.2) is 43.0 Å². The van der Waals surface area contributed by atoms with Gasteiger partial charge in [-0.15, -0.1) is 0 Å². The Bertz CT molecular complexity index is 936. The molecule has 0 aliphatic carbocycles. The fraction of sp³-hybridized carbons (Fsp3) is 0.300. The molecule has 1 aliphatic rings. The molecular formula is C20H20O8. The lowest BCUT2D eigenvalue weighted by Gasteiger charge is -2.35. The molecule has 0 amide bonds. The Morgan fingerprint density at radius 2 is 1.93 bits per heavy atom. The van der Waals surface area contributed by atoms with Gasteiger partial charge in [0, 0.05) is 17.5 Å². The highest BCUT2D eigenvalue weighted by Crippen LogP contribution is 2.48. The van der Waals surface area contributed by atoms with E-state index in [4.69, 9.17) is 18.9 Å². The van der Waals surface area contributed by atoms with Crippen molar-refractivity contribution in [1.29, 1.82) is 0 Å². The molecule has 0 bridgehead atoms. The van der Waals surface area contributed by atoms with Crippen molar-refractivity contribution in [3.63, 3.8) is 0 Å². The molecule has 8 heteroatoms. The van der Waals surface area contributed by atoms with Gasteiger partial charge >= 0.3 is 11.9 Å².